The van der Waals surface area contributed by atoms with E-state index in [-0.39, 0.29) is 6.04 Å². The molecule has 1 aromatic heterocycles. The number of para-hydroxylation sites is 1. The van der Waals surface area contributed by atoms with Crippen LogP contribution in [0.4, 0.5) is 0 Å². The smallest absolute Gasteiger partial charge is 0.127 e. The highest BCUT2D eigenvalue weighted by atomic mass is 16.5. The van der Waals surface area contributed by atoms with E-state index in [0.29, 0.717) is 0 Å². The van der Waals surface area contributed by atoms with Crippen molar-refractivity contribution in [2.24, 2.45) is 0 Å². The van der Waals surface area contributed by atoms with Crippen LogP contribution in [0.2, 0.25) is 0 Å². The Balaban J connectivity index is 2.02. The van der Waals surface area contributed by atoms with Gasteiger partial charge in [0.25, 0.3) is 0 Å². The molecule has 3 nitrogen and oxygen atoms in total. The molecule has 0 radical (unpaired) electrons. The highest BCUT2D eigenvalue weighted by Crippen LogP contribution is 2.37. The molecule has 0 saturated carbocycles. The van der Waals surface area contributed by atoms with Crippen LogP contribution in [0.25, 0.3) is 0 Å². The van der Waals surface area contributed by atoms with E-state index in [4.69, 9.17) is 9.15 Å². The van der Waals surface area contributed by atoms with Gasteiger partial charge in [-0.05, 0) is 31.5 Å². The van der Waals surface area contributed by atoms with E-state index in [9.17, 15) is 0 Å². The molecule has 1 aliphatic rings. The van der Waals surface area contributed by atoms with Crippen molar-refractivity contribution in [1.29, 1.82) is 0 Å². The highest BCUT2D eigenvalue weighted by Gasteiger charge is 2.24. The maximum atomic E-state index is 5.86. The summed E-state index contributed by atoms with van der Waals surface area (Å²) in [6.07, 6.45) is 3.87. The van der Waals surface area contributed by atoms with Gasteiger partial charge in [-0.15, -0.1) is 0 Å². The largest absolute Gasteiger partial charge is 0.493 e. The minimum atomic E-state index is 0.141. The van der Waals surface area contributed by atoms with Gasteiger partial charge in [0.05, 0.1) is 18.9 Å². The SMILES string of the molecule is CCCNC(c1ccoc1C)c1cccc2c1OCC2. The maximum absolute atomic E-state index is 5.86. The summed E-state index contributed by atoms with van der Waals surface area (Å²) in [5, 5.41) is 3.62. The van der Waals surface area contributed by atoms with Crippen molar-refractivity contribution >= 4 is 0 Å². The summed E-state index contributed by atoms with van der Waals surface area (Å²) in [6, 6.07) is 8.63. The molecular formula is C17H21NO2. The zero-order valence-corrected chi connectivity index (χ0v) is 12.1. The second-order valence-electron chi connectivity index (χ2n) is 5.25. The van der Waals surface area contributed by atoms with E-state index in [1.807, 2.05) is 6.92 Å². The van der Waals surface area contributed by atoms with E-state index in [0.717, 1.165) is 37.5 Å². The average Bonchev–Trinajstić information content (AvgIpc) is 3.09. The lowest BCUT2D eigenvalue weighted by molar-refractivity contribution is 0.350. The summed E-state index contributed by atoms with van der Waals surface area (Å²) >= 11 is 0. The number of hydrogen-bond donors (Lipinski definition) is 1. The van der Waals surface area contributed by atoms with Crippen LogP contribution >= 0.6 is 0 Å². The maximum Gasteiger partial charge on any atom is 0.127 e. The van der Waals surface area contributed by atoms with E-state index < -0.39 is 0 Å². The monoisotopic (exact) mass is 271 g/mol. The number of rotatable bonds is 5. The van der Waals surface area contributed by atoms with Gasteiger partial charge in [-0.1, -0.05) is 25.1 Å². The number of ether oxygens (including phenoxy) is 1. The second kappa shape index (κ2) is 5.71. The Hall–Kier alpha value is -1.74. The van der Waals surface area contributed by atoms with E-state index >= 15 is 0 Å². The van der Waals surface area contributed by atoms with Crippen molar-refractivity contribution in [3.05, 3.63) is 53.0 Å². The van der Waals surface area contributed by atoms with Gasteiger partial charge in [0, 0.05) is 17.5 Å². The van der Waals surface area contributed by atoms with Gasteiger partial charge in [-0.3, -0.25) is 0 Å². The number of aryl methyl sites for hydroxylation is 1. The summed E-state index contributed by atoms with van der Waals surface area (Å²) in [5.41, 5.74) is 3.73. The van der Waals surface area contributed by atoms with Crippen molar-refractivity contribution in [1.82, 2.24) is 5.32 Å². The van der Waals surface area contributed by atoms with Gasteiger partial charge >= 0.3 is 0 Å². The molecule has 1 aliphatic heterocycles. The van der Waals surface area contributed by atoms with Crippen LogP contribution in [0.3, 0.4) is 0 Å². The summed E-state index contributed by atoms with van der Waals surface area (Å²) in [5.74, 6) is 2.02. The predicted molar refractivity (Wildman–Crippen MR) is 79.2 cm³/mol. The Kier molecular flexibility index (Phi) is 3.79. The van der Waals surface area contributed by atoms with Crippen molar-refractivity contribution in [3.63, 3.8) is 0 Å². The molecule has 2 heterocycles. The molecule has 1 aromatic carbocycles. The van der Waals surface area contributed by atoms with Crippen LogP contribution in [-0.2, 0) is 6.42 Å². The molecule has 0 aliphatic carbocycles. The molecule has 106 valence electrons. The standard InChI is InChI=1S/C17H21NO2/c1-3-9-18-16(14-8-11-19-12(14)2)15-6-4-5-13-7-10-20-17(13)15/h4-6,8,11,16,18H,3,7,9-10H2,1-2H3. The topological polar surface area (TPSA) is 34.4 Å². The van der Waals surface area contributed by atoms with Crippen LogP contribution in [0, 0.1) is 6.92 Å². The zero-order chi connectivity index (χ0) is 13.9. The first-order valence-corrected chi connectivity index (χ1v) is 7.33. The minimum absolute atomic E-state index is 0.141. The molecule has 0 saturated heterocycles. The van der Waals surface area contributed by atoms with Crippen molar-refractivity contribution < 1.29 is 9.15 Å². The Morgan fingerprint density at radius 2 is 2.15 bits per heavy atom. The molecule has 0 amide bonds. The lowest BCUT2D eigenvalue weighted by Gasteiger charge is -2.21. The van der Waals surface area contributed by atoms with Crippen molar-refractivity contribution in [3.8, 4) is 5.75 Å². The van der Waals surface area contributed by atoms with Gasteiger partial charge in [-0.2, -0.15) is 0 Å². The second-order valence-corrected chi connectivity index (χ2v) is 5.25. The molecule has 3 rings (SSSR count). The molecule has 1 atom stereocenters. The quantitative estimate of drug-likeness (QED) is 0.902. The Morgan fingerprint density at radius 1 is 1.25 bits per heavy atom. The Bertz CT molecular complexity index is 588. The fraction of sp³-hybridized carbons (Fsp3) is 0.412. The third-order valence-corrected chi connectivity index (χ3v) is 3.86. The normalized spacial score (nSPS) is 14.9. The molecule has 0 bridgehead atoms. The van der Waals surface area contributed by atoms with Gasteiger partial charge in [-0.25, -0.2) is 0 Å². The lowest BCUT2D eigenvalue weighted by Crippen LogP contribution is -2.23. The number of furan rings is 1. The summed E-state index contributed by atoms with van der Waals surface area (Å²) in [7, 11) is 0. The number of nitrogens with one attached hydrogen (secondary N) is 1. The van der Waals surface area contributed by atoms with Crippen LogP contribution < -0.4 is 10.1 Å². The molecule has 1 unspecified atom stereocenters. The van der Waals surface area contributed by atoms with Crippen LogP contribution in [0.1, 0.15) is 41.8 Å². The predicted octanol–water partition coefficient (Wildman–Crippen LogP) is 3.61. The molecule has 3 heteroatoms. The molecule has 1 N–H and O–H groups in total. The summed E-state index contributed by atoms with van der Waals surface area (Å²) in [6.45, 7) is 5.95. The van der Waals surface area contributed by atoms with Gasteiger partial charge in [0.1, 0.15) is 11.5 Å². The van der Waals surface area contributed by atoms with Gasteiger partial charge in [0.15, 0.2) is 0 Å². The Labute approximate surface area is 119 Å². The minimum Gasteiger partial charge on any atom is -0.493 e. The van der Waals surface area contributed by atoms with E-state index in [1.165, 1.54) is 16.7 Å². The van der Waals surface area contributed by atoms with Crippen molar-refractivity contribution in [2.45, 2.75) is 32.7 Å². The molecule has 0 spiro atoms. The van der Waals surface area contributed by atoms with Crippen LogP contribution in [0.5, 0.6) is 5.75 Å². The van der Waals surface area contributed by atoms with Crippen LogP contribution in [0.15, 0.2) is 34.9 Å². The third-order valence-electron chi connectivity index (χ3n) is 3.86. The van der Waals surface area contributed by atoms with Gasteiger partial charge in [0.2, 0.25) is 0 Å². The van der Waals surface area contributed by atoms with E-state index in [2.05, 4.69) is 36.5 Å². The van der Waals surface area contributed by atoms with Crippen LogP contribution in [-0.4, -0.2) is 13.2 Å². The van der Waals surface area contributed by atoms with Crippen molar-refractivity contribution in [2.75, 3.05) is 13.2 Å². The number of benzene rings is 1. The lowest BCUT2D eigenvalue weighted by atomic mass is 9.96. The third kappa shape index (κ3) is 2.34. The highest BCUT2D eigenvalue weighted by molar-refractivity contribution is 5.49. The van der Waals surface area contributed by atoms with Gasteiger partial charge < -0.3 is 14.5 Å². The average molecular weight is 271 g/mol. The molecule has 0 fully saturated rings. The van der Waals surface area contributed by atoms with E-state index in [1.54, 1.807) is 6.26 Å². The Morgan fingerprint density at radius 3 is 2.90 bits per heavy atom. The molecule has 2 aromatic rings. The summed E-state index contributed by atoms with van der Waals surface area (Å²) < 4.78 is 11.3. The summed E-state index contributed by atoms with van der Waals surface area (Å²) in [4.78, 5) is 0. The molecular weight excluding hydrogens is 250 g/mol. The fourth-order valence-corrected chi connectivity index (χ4v) is 2.84. The zero-order valence-electron chi connectivity index (χ0n) is 12.1. The number of fused-ring (bicyclic) bond motifs is 1. The number of hydrogen-bond acceptors (Lipinski definition) is 3. The first-order chi connectivity index (χ1) is 9.81. The molecule has 20 heavy (non-hydrogen) atoms. The first kappa shape index (κ1) is 13.3. The fourth-order valence-electron chi connectivity index (χ4n) is 2.84. The first-order valence-electron chi connectivity index (χ1n) is 7.33.